The number of aromatic nitrogens is 2. The fourth-order valence-corrected chi connectivity index (χ4v) is 3.97. The number of anilines is 1. The number of nitrogens with zero attached hydrogens (tertiary/aromatic N) is 1. The summed E-state index contributed by atoms with van der Waals surface area (Å²) in [6.07, 6.45) is 2.49. The molecule has 1 saturated carbocycles. The Morgan fingerprint density at radius 3 is 2.96 bits per heavy atom. The van der Waals surface area contributed by atoms with Crippen LogP contribution in [-0.2, 0) is 11.2 Å². The van der Waals surface area contributed by atoms with Gasteiger partial charge in [-0.05, 0) is 36.4 Å². The van der Waals surface area contributed by atoms with Gasteiger partial charge in [-0.15, -0.1) is 11.3 Å². The van der Waals surface area contributed by atoms with Crippen molar-refractivity contribution in [3.8, 4) is 10.6 Å². The Morgan fingerprint density at radius 1 is 1.37 bits per heavy atom. The quantitative estimate of drug-likeness (QED) is 0.604. The summed E-state index contributed by atoms with van der Waals surface area (Å²) in [5.74, 6) is 1.95. The fraction of sp³-hybridized carbons (Fsp3) is 0.316. The average molecular weight is 384 g/mol. The van der Waals surface area contributed by atoms with Gasteiger partial charge in [0.2, 0.25) is 11.9 Å². The molecule has 4 rings (SSSR count). The van der Waals surface area contributed by atoms with Crippen LogP contribution in [0.15, 0.2) is 44.9 Å². The van der Waals surface area contributed by atoms with E-state index >= 15 is 0 Å². The van der Waals surface area contributed by atoms with Crippen molar-refractivity contribution in [1.29, 1.82) is 0 Å². The van der Waals surface area contributed by atoms with E-state index in [1.165, 1.54) is 6.07 Å². The van der Waals surface area contributed by atoms with Crippen LogP contribution in [0.4, 0.5) is 5.95 Å². The number of carbonyl (C=O) groups is 1. The van der Waals surface area contributed by atoms with Gasteiger partial charge in [-0.25, -0.2) is 4.98 Å². The zero-order chi connectivity index (χ0) is 18.8. The topological polar surface area (TPSA) is 114 Å². The Hall–Kier alpha value is -2.87. The van der Waals surface area contributed by atoms with Gasteiger partial charge >= 0.3 is 0 Å². The number of carbonyl (C=O) groups excluding carboxylic acids is 1. The molecule has 0 atom stereocenters. The first-order valence-corrected chi connectivity index (χ1v) is 9.73. The molecule has 7 nitrogen and oxygen atoms in total. The monoisotopic (exact) mass is 384 g/mol. The van der Waals surface area contributed by atoms with Gasteiger partial charge in [-0.1, -0.05) is 6.07 Å². The predicted octanol–water partition coefficient (Wildman–Crippen LogP) is 2.67. The van der Waals surface area contributed by atoms with Crippen molar-refractivity contribution in [2.75, 3.05) is 5.73 Å². The van der Waals surface area contributed by atoms with E-state index in [0.29, 0.717) is 18.5 Å². The molecule has 1 aliphatic rings. The van der Waals surface area contributed by atoms with Crippen LogP contribution in [0.25, 0.3) is 10.6 Å². The number of thiophene rings is 1. The Labute approximate surface area is 159 Å². The van der Waals surface area contributed by atoms with E-state index < -0.39 is 0 Å². The molecule has 1 fully saturated rings. The van der Waals surface area contributed by atoms with Crippen molar-refractivity contribution in [1.82, 2.24) is 15.3 Å². The van der Waals surface area contributed by atoms with Crippen molar-refractivity contribution in [3.63, 3.8) is 0 Å². The molecule has 3 aromatic heterocycles. The Morgan fingerprint density at radius 2 is 2.22 bits per heavy atom. The van der Waals surface area contributed by atoms with E-state index in [-0.39, 0.29) is 29.4 Å². The van der Waals surface area contributed by atoms with E-state index in [1.807, 2.05) is 29.6 Å². The van der Waals surface area contributed by atoms with Crippen molar-refractivity contribution in [3.05, 3.63) is 57.5 Å². The van der Waals surface area contributed by atoms with E-state index in [1.54, 1.807) is 11.3 Å². The second-order valence-corrected chi connectivity index (χ2v) is 7.68. The summed E-state index contributed by atoms with van der Waals surface area (Å²) < 4.78 is 5.80. The van der Waals surface area contributed by atoms with Crippen LogP contribution >= 0.6 is 11.3 Å². The SMILES string of the molecule is Nc1nc(C2CC(NC(=O)CCc3ccc(-c4cccs4)o3)C2)cc(=O)[nH]1. The maximum Gasteiger partial charge on any atom is 0.252 e. The van der Waals surface area contributed by atoms with Crippen LogP contribution in [0.2, 0.25) is 0 Å². The highest BCUT2D eigenvalue weighted by atomic mass is 32.1. The number of aromatic amines is 1. The molecular formula is C19H20N4O3S. The maximum atomic E-state index is 12.2. The molecule has 3 aromatic rings. The zero-order valence-corrected chi connectivity index (χ0v) is 15.4. The molecule has 0 saturated heterocycles. The first-order chi connectivity index (χ1) is 13.1. The van der Waals surface area contributed by atoms with Crippen LogP contribution in [-0.4, -0.2) is 21.9 Å². The van der Waals surface area contributed by atoms with E-state index in [9.17, 15) is 9.59 Å². The van der Waals surface area contributed by atoms with Crippen LogP contribution in [0, 0.1) is 0 Å². The first-order valence-electron chi connectivity index (χ1n) is 8.85. The van der Waals surface area contributed by atoms with Crippen molar-refractivity contribution in [2.45, 2.75) is 37.6 Å². The number of nitrogens with one attached hydrogen (secondary N) is 2. The summed E-state index contributed by atoms with van der Waals surface area (Å²) in [5.41, 5.74) is 6.02. The number of rotatable bonds is 6. The number of nitrogens with two attached hydrogens (primary N) is 1. The summed E-state index contributed by atoms with van der Waals surface area (Å²) in [6, 6.07) is 9.44. The minimum Gasteiger partial charge on any atom is -0.460 e. The zero-order valence-electron chi connectivity index (χ0n) is 14.6. The maximum absolute atomic E-state index is 12.2. The van der Waals surface area contributed by atoms with E-state index in [4.69, 9.17) is 10.2 Å². The van der Waals surface area contributed by atoms with Gasteiger partial charge in [0, 0.05) is 30.9 Å². The number of hydrogen-bond acceptors (Lipinski definition) is 6. The molecule has 4 N–H and O–H groups in total. The third-order valence-corrected chi connectivity index (χ3v) is 5.61. The minimum absolute atomic E-state index is 0.00547. The van der Waals surface area contributed by atoms with E-state index in [2.05, 4.69) is 15.3 Å². The number of furan rings is 1. The lowest BCUT2D eigenvalue weighted by molar-refractivity contribution is -0.122. The predicted molar refractivity (Wildman–Crippen MR) is 104 cm³/mol. The van der Waals surface area contributed by atoms with Crippen LogP contribution in [0.3, 0.4) is 0 Å². The van der Waals surface area contributed by atoms with Gasteiger partial charge in [0.05, 0.1) is 10.6 Å². The largest absolute Gasteiger partial charge is 0.460 e. The van der Waals surface area contributed by atoms with Gasteiger partial charge < -0.3 is 15.5 Å². The van der Waals surface area contributed by atoms with Crippen molar-refractivity contribution < 1.29 is 9.21 Å². The lowest BCUT2D eigenvalue weighted by Crippen LogP contribution is -2.43. The number of hydrogen-bond donors (Lipinski definition) is 3. The van der Waals surface area contributed by atoms with Crippen molar-refractivity contribution in [2.24, 2.45) is 0 Å². The van der Waals surface area contributed by atoms with Crippen LogP contribution < -0.4 is 16.6 Å². The summed E-state index contributed by atoms with van der Waals surface area (Å²) in [6.45, 7) is 0. The summed E-state index contributed by atoms with van der Waals surface area (Å²) in [4.78, 5) is 31.3. The second-order valence-electron chi connectivity index (χ2n) is 6.73. The fourth-order valence-electron chi connectivity index (χ4n) is 3.28. The lowest BCUT2D eigenvalue weighted by atomic mass is 9.78. The summed E-state index contributed by atoms with van der Waals surface area (Å²) >= 11 is 1.63. The molecule has 0 aliphatic heterocycles. The molecule has 0 spiro atoms. The standard InChI is InChI=1S/C19H20N4O3S/c20-19-22-14(10-18(25)23-19)11-8-12(9-11)21-17(24)6-4-13-3-5-15(26-13)16-2-1-7-27-16/h1-3,5,7,10-12H,4,6,8-9H2,(H,21,24)(H3,20,22,23,25). The number of nitrogen functional groups attached to an aromatic ring is 1. The van der Waals surface area contributed by atoms with Crippen LogP contribution in [0.5, 0.6) is 0 Å². The van der Waals surface area contributed by atoms with Gasteiger partial charge in [0.1, 0.15) is 11.5 Å². The summed E-state index contributed by atoms with van der Waals surface area (Å²) in [5, 5.41) is 5.03. The van der Waals surface area contributed by atoms with E-state index in [0.717, 1.165) is 29.2 Å². The molecule has 0 radical (unpaired) electrons. The third-order valence-electron chi connectivity index (χ3n) is 4.73. The molecule has 1 amide bonds. The molecule has 0 aromatic carbocycles. The lowest BCUT2D eigenvalue weighted by Gasteiger charge is -2.35. The second kappa shape index (κ2) is 7.40. The van der Waals surface area contributed by atoms with Gasteiger partial charge in [-0.3, -0.25) is 14.6 Å². The molecule has 8 heteroatoms. The van der Waals surface area contributed by atoms with Gasteiger partial charge in [0.25, 0.3) is 5.56 Å². The number of aryl methyl sites for hydroxylation is 1. The van der Waals surface area contributed by atoms with Gasteiger partial charge in [0.15, 0.2) is 0 Å². The average Bonchev–Trinajstić information content (AvgIpc) is 3.25. The Bertz CT molecular complexity index is 987. The number of H-pyrrole nitrogens is 1. The van der Waals surface area contributed by atoms with Crippen LogP contribution in [0.1, 0.15) is 36.6 Å². The highest BCUT2D eigenvalue weighted by Gasteiger charge is 2.32. The highest BCUT2D eigenvalue weighted by molar-refractivity contribution is 7.13. The van der Waals surface area contributed by atoms with Crippen molar-refractivity contribution >= 4 is 23.2 Å². The normalized spacial score (nSPS) is 18.8. The molecule has 1 aliphatic carbocycles. The molecule has 140 valence electrons. The third kappa shape index (κ3) is 4.11. The Kier molecular flexibility index (Phi) is 4.81. The molecule has 0 bridgehead atoms. The molecule has 27 heavy (non-hydrogen) atoms. The number of amides is 1. The summed E-state index contributed by atoms with van der Waals surface area (Å²) in [7, 11) is 0. The first kappa shape index (κ1) is 17.5. The molecular weight excluding hydrogens is 364 g/mol. The molecule has 3 heterocycles. The molecule has 0 unspecified atom stereocenters. The smallest absolute Gasteiger partial charge is 0.252 e. The minimum atomic E-state index is -0.245. The highest BCUT2D eigenvalue weighted by Crippen LogP contribution is 2.35. The van der Waals surface area contributed by atoms with Gasteiger partial charge in [-0.2, -0.15) is 0 Å². The Balaban J connectivity index is 1.23.